The quantitative estimate of drug-likeness (QED) is 0.442. The first-order chi connectivity index (χ1) is 7.56. The second-order valence-electron chi connectivity index (χ2n) is 4.15. The SMILES string of the molecule is CCCCCCCCCCCOP(O)(O)=S. The molecule has 0 rings (SSSR count). The van der Waals surface area contributed by atoms with Gasteiger partial charge < -0.3 is 14.3 Å². The molecule has 0 aliphatic carbocycles. The van der Waals surface area contributed by atoms with Crippen molar-refractivity contribution in [3.63, 3.8) is 0 Å². The number of rotatable bonds is 11. The lowest BCUT2D eigenvalue weighted by atomic mass is 10.1. The zero-order valence-electron chi connectivity index (χ0n) is 10.2. The number of hydrogen-bond acceptors (Lipinski definition) is 2. The summed E-state index contributed by atoms with van der Waals surface area (Å²) in [5, 5.41) is 0. The predicted octanol–water partition coefficient (Wildman–Crippen LogP) is 3.74. The molecule has 0 bridgehead atoms. The lowest BCUT2D eigenvalue weighted by Gasteiger charge is -2.07. The average Bonchev–Trinajstić information content (AvgIpc) is 2.19. The molecule has 0 heterocycles. The second kappa shape index (κ2) is 10.7. The standard InChI is InChI=1S/C11H25O3PS/c1-2-3-4-5-6-7-8-9-10-11-14-15(12,13)16/h2-11H2,1H3,(H2,12,13,16). The van der Waals surface area contributed by atoms with Crippen LogP contribution in [0.4, 0.5) is 0 Å². The monoisotopic (exact) mass is 268 g/mol. The number of unbranched alkanes of at least 4 members (excludes halogenated alkanes) is 8. The first-order valence-electron chi connectivity index (χ1n) is 6.26. The third-order valence-corrected chi connectivity index (χ3v) is 3.34. The first kappa shape index (κ1) is 16.5. The minimum Gasteiger partial charge on any atom is -0.325 e. The van der Waals surface area contributed by atoms with E-state index in [2.05, 4.69) is 18.7 Å². The largest absolute Gasteiger partial charge is 0.325 e. The average molecular weight is 268 g/mol. The summed E-state index contributed by atoms with van der Waals surface area (Å²) >= 11 is 4.34. The van der Waals surface area contributed by atoms with Crippen LogP contribution in [0.2, 0.25) is 0 Å². The van der Waals surface area contributed by atoms with Gasteiger partial charge in [-0.1, -0.05) is 58.3 Å². The van der Waals surface area contributed by atoms with E-state index in [1.807, 2.05) is 0 Å². The molecule has 0 atom stereocenters. The molecule has 0 aromatic rings. The van der Waals surface area contributed by atoms with Crippen LogP contribution in [-0.2, 0) is 16.3 Å². The molecule has 5 heteroatoms. The first-order valence-corrected chi connectivity index (χ1v) is 8.89. The summed E-state index contributed by atoms with van der Waals surface area (Å²) in [6.45, 7) is -0.805. The van der Waals surface area contributed by atoms with E-state index in [0.29, 0.717) is 6.61 Å². The third kappa shape index (κ3) is 14.5. The van der Waals surface area contributed by atoms with Gasteiger partial charge in [0, 0.05) is 0 Å². The summed E-state index contributed by atoms with van der Waals surface area (Å²) < 4.78 is 4.73. The van der Waals surface area contributed by atoms with E-state index in [0.717, 1.165) is 12.8 Å². The maximum atomic E-state index is 8.80. The van der Waals surface area contributed by atoms with Crippen molar-refractivity contribution in [2.75, 3.05) is 6.61 Å². The topological polar surface area (TPSA) is 49.7 Å². The summed E-state index contributed by atoms with van der Waals surface area (Å²) in [5.41, 5.74) is 0. The Bertz CT molecular complexity index is 194. The van der Waals surface area contributed by atoms with Crippen molar-refractivity contribution >= 4 is 18.5 Å². The van der Waals surface area contributed by atoms with Crippen LogP contribution < -0.4 is 0 Å². The van der Waals surface area contributed by atoms with Crippen molar-refractivity contribution in [1.29, 1.82) is 0 Å². The Morgan fingerprint density at radius 1 is 0.875 bits per heavy atom. The highest BCUT2D eigenvalue weighted by Crippen LogP contribution is 2.36. The van der Waals surface area contributed by atoms with Crippen LogP contribution >= 0.6 is 6.72 Å². The fraction of sp³-hybridized carbons (Fsp3) is 1.00. The van der Waals surface area contributed by atoms with E-state index < -0.39 is 6.72 Å². The fourth-order valence-electron chi connectivity index (χ4n) is 1.60. The van der Waals surface area contributed by atoms with Gasteiger partial charge in [0.1, 0.15) is 0 Å². The van der Waals surface area contributed by atoms with Crippen LogP contribution in [0.3, 0.4) is 0 Å². The van der Waals surface area contributed by atoms with Crippen LogP contribution in [0.15, 0.2) is 0 Å². The summed E-state index contributed by atoms with van der Waals surface area (Å²) in [7, 11) is 0. The van der Waals surface area contributed by atoms with Crippen molar-refractivity contribution in [2.45, 2.75) is 64.7 Å². The Balaban J connectivity index is 3.02. The zero-order chi connectivity index (χ0) is 12.3. The molecule has 3 nitrogen and oxygen atoms in total. The molecular formula is C11H25O3PS. The normalized spacial score (nSPS) is 11.9. The summed E-state index contributed by atoms with van der Waals surface area (Å²) in [4.78, 5) is 17.6. The van der Waals surface area contributed by atoms with Gasteiger partial charge in [0.2, 0.25) is 0 Å². The Labute approximate surface area is 104 Å². The molecule has 0 unspecified atom stereocenters. The van der Waals surface area contributed by atoms with E-state index in [1.165, 1.54) is 44.9 Å². The van der Waals surface area contributed by atoms with Crippen LogP contribution in [0.25, 0.3) is 0 Å². The molecule has 2 N–H and O–H groups in total. The molecule has 16 heavy (non-hydrogen) atoms. The second-order valence-corrected chi connectivity index (χ2v) is 6.82. The van der Waals surface area contributed by atoms with Gasteiger partial charge in [-0.15, -0.1) is 0 Å². The van der Waals surface area contributed by atoms with Gasteiger partial charge in [-0.3, -0.25) is 0 Å². The number of hydrogen-bond donors (Lipinski definition) is 2. The highest BCUT2D eigenvalue weighted by molar-refractivity contribution is 8.06. The van der Waals surface area contributed by atoms with Gasteiger partial charge in [0.15, 0.2) is 0 Å². The Morgan fingerprint density at radius 2 is 1.31 bits per heavy atom. The highest BCUT2D eigenvalue weighted by atomic mass is 32.5. The van der Waals surface area contributed by atoms with Crippen molar-refractivity contribution in [3.8, 4) is 0 Å². The van der Waals surface area contributed by atoms with Crippen LogP contribution in [0, 0.1) is 0 Å². The molecule has 0 saturated heterocycles. The molecular weight excluding hydrogens is 243 g/mol. The minimum atomic E-state index is -3.41. The van der Waals surface area contributed by atoms with Crippen molar-refractivity contribution in [3.05, 3.63) is 0 Å². The van der Waals surface area contributed by atoms with Crippen LogP contribution in [0.1, 0.15) is 64.7 Å². The van der Waals surface area contributed by atoms with Gasteiger partial charge >= 0.3 is 6.72 Å². The lowest BCUT2D eigenvalue weighted by molar-refractivity contribution is 0.245. The highest BCUT2D eigenvalue weighted by Gasteiger charge is 2.05. The van der Waals surface area contributed by atoms with Crippen molar-refractivity contribution in [2.24, 2.45) is 0 Å². The molecule has 0 amide bonds. The molecule has 0 aromatic heterocycles. The van der Waals surface area contributed by atoms with E-state index in [1.54, 1.807) is 0 Å². The molecule has 0 aliphatic rings. The molecule has 0 fully saturated rings. The van der Waals surface area contributed by atoms with Crippen molar-refractivity contribution < 1.29 is 14.3 Å². The molecule has 0 aliphatic heterocycles. The smallest absolute Gasteiger partial charge is 0.321 e. The van der Waals surface area contributed by atoms with E-state index in [9.17, 15) is 0 Å². The van der Waals surface area contributed by atoms with E-state index >= 15 is 0 Å². The maximum absolute atomic E-state index is 8.80. The maximum Gasteiger partial charge on any atom is 0.321 e. The molecule has 0 saturated carbocycles. The zero-order valence-corrected chi connectivity index (χ0v) is 11.9. The minimum absolute atomic E-state index is 0.375. The Kier molecular flexibility index (Phi) is 11.0. The molecule has 0 spiro atoms. The molecule has 0 radical (unpaired) electrons. The van der Waals surface area contributed by atoms with Gasteiger partial charge in [-0.2, -0.15) is 0 Å². The summed E-state index contributed by atoms with van der Waals surface area (Å²) in [5.74, 6) is 0. The van der Waals surface area contributed by atoms with Gasteiger partial charge in [-0.25, -0.2) is 0 Å². The van der Waals surface area contributed by atoms with Gasteiger partial charge in [0.25, 0.3) is 0 Å². The fourth-order valence-corrected chi connectivity index (χ4v) is 2.19. The Morgan fingerprint density at radius 3 is 1.75 bits per heavy atom. The van der Waals surface area contributed by atoms with Crippen molar-refractivity contribution in [1.82, 2.24) is 0 Å². The van der Waals surface area contributed by atoms with Crippen LogP contribution in [-0.4, -0.2) is 16.4 Å². The summed E-state index contributed by atoms with van der Waals surface area (Å²) in [6.07, 6.45) is 11.1. The predicted molar refractivity (Wildman–Crippen MR) is 71.9 cm³/mol. The van der Waals surface area contributed by atoms with Gasteiger partial charge in [0.05, 0.1) is 6.61 Å². The lowest BCUT2D eigenvalue weighted by Crippen LogP contribution is -1.92. The Hall–Kier alpha value is 0.530. The van der Waals surface area contributed by atoms with Crippen LogP contribution in [0.5, 0.6) is 0 Å². The molecule has 0 aromatic carbocycles. The van der Waals surface area contributed by atoms with E-state index in [4.69, 9.17) is 14.3 Å². The van der Waals surface area contributed by atoms with E-state index in [-0.39, 0.29) is 0 Å². The third-order valence-electron chi connectivity index (χ3n) is 2.51. The van der Waals surface area contributed by atoms with Gasteiger partial charge in [-0.05, 0) is 18.2 Å². The summed E-state index contributed by atoms with van der Waals surface area (Å²) in [6, 6.07) is 0. The molecule has 98 valence electrons.